The fourth-order valence-electron chi connectivity index (χ4n) is 4.57. The Labute approximate surface area is 245 Å². The Hall–Kier alpha value is -4.58. The van der Waals surface area contributed by atoms with Gasteiger partial charge >= 0.3 is 5.97 Å². The molecule has 0 bridgehead atoms. The number of carbonyl (C=O) groups excluding carboxylic acids is 1. The van der Waals surface area contributed by atoms with Gasteiger partial charge in [0.05, 0.1) is 35.6 Å². The first-order valence-corrected chi connectivity index (χ1v) is 13.9. The fourth-order valence-corrected chi connectivity index (χ4v) is 5.74. The summed E-state index contributed by atoms with van der Waals surface area (Å²) in [6.07, 6.45) is 7.08. The minimum absolute atomic E-state index is 0.0600. The van der Waals surface area contributed by atoms with Crippen LogP contribution in [0.15, 0.2) is 88.2 Å². The van der Waals surface area contributed by atoms with E-state index < -0.39 is 12.0 Å². The van der Waals surface area contributed by atoms with Crippen LogP contribution < -0.4 is 24.4 Å². The Morgan fingerprint density at radius 3 is 2.59 bits per heavy atom. The molecule has 0 saturated heterocycles. The summed E-state index contributed by atoms with van der Waals surface area (Å²) in [6.45, 7) is 1.97. The van der Waals surface area contributed by atoms with E-state index in [1.165, 1.54) is 15.9 Å². The number of halogens is 1. The molecule has 1 aliphatic rings. The van der Waals surface area contributed by atoms with E-state index in [1.54, 1.807) is 50.4 Å². The van der Waals surface area contributed by atoms with Crippen molar-refractivity contribution >= 4 is 40.7 Å². The minimum atomic E-state index is -0.801. The van der Waals surface area contributed by atoms with Crippen LogP contribution in [0.3, 0.4) is 0 Å². The van der Waals surface area contributed by atoms with Crippen molar-refractivity contribution in [3.63, 3.8) is 0 Å². The molecule has 206 valence electrons. The molecular formula is C32H25ClN2O5S. The maximum atomic E-state index is 14.1. The zero-order valence-corrected chi connectivity index (χ0v) is 23.9. The Kier molecular flexibility index (Phi) is 8.39. The molecule has 0 aliphatic carbocycles. The summed E-state index contributed by atoms with van der Waals surface area (Å²) in [6, 6.07) is 20.9. The lowest BCUT2D eigenvalue weighted by atomic mass is 9.93. The van der Waals surface area contributed by atoms with Gasteiger partial charge in [-0.1, -0.05) is 71.3 Å². The quantitative estimate of drug-likeness (QED) is 0.223. The maximum Gasteiger partial charge on any atom is 0.338 e. The van der Waals surface area contributed by atoms with E-state index in [-0.39, 0.29) is 24.3 Å². The summed E-state index contributed by atoms with van der Waals surface area (Å²) >= 11 is 7.48. The number of fused-ring (bicyclic) bond motifs is 1. The van der Waals surface area contributed by atoms with Crippen molar-refractivity contribution < 1.29 is 19.0 Å². The SMILES string of the molecule is C#CCOc1ccc(Cl)cc1/C=c1\sc2n(c1=O)[C@H](c1ccc(OC)cc1)C(C(=O)OCC)=C(c1ccccc1)N=2. The molecule has 5 rings (SSSR count). The number of rotatable bonds is 8. The van der Waals surface area contributed by atoms with E-state index in [9.17, 15) is 9.59 Å². The van der Waals surface area contributed by atoms with Crippen molar-refractivity contribution in [1.82, 2.24) is 4.57 Å². The monoisotopic (exact) mass is 584 g/mol. The van der Waals surface area contributed by atoms with Crippen LogP contribution in [-0.2, 0) is 9.53 Å². The van der Waals surface area contributed by atoms with Crippen molar-refractivity contribution in [2.45, 2.75) is 13.0 Å². The zero-order chi connectivity index (χ0) is 28.9. The van der Waals surface area contributed by atoms with Gasteiger partial charge in [-0.2, -0.15) is 0 Å². The number of hydrogen-bond acceptors (Lipinski definition) is 7. The molecule has 7 nitrogen and oxygen atoms in total. The lowest BCUT2D eigenvalue weighted by molar-refractivity contribution is -0.138. The molecule has 0 radical (unpaired) electrons. The molecule has 2 heterocycles. The molecule has 4 aromatic rings. The van der Waals surface area contributed by atoms with Crippen molar-refractivity contribution in [3.05, 3.63) is 120 Å². The standard InChI is InChI=1S/C32H25ClN2O5S/c1-4-17-40-25-16-13-23(33)18-22(25)19-26-30(36)35-29(21-11-14-24(38-3)15-12-21)27(31(37)39-5-2)28(34-32(35)41-26)20-9-7-6-8-10-20/h1,6-16,18-19,29H,5,17H2,2-3H3/b26-19-/t29-/m1/s1. The summed E-state index contributed by atoms with van der Waals surface area (Å²) < 4.78 is 18.4. The molecule has 0 amide bonds. The smallest absolute Gasteiger partial charge is 0.338 e. The van der Waals surface area contributed by atoms with Gasteiger partial charge in [-0.3, -0.25) is 9.36 Å². The summed E-state index contributed by atoms with van der Waals surface area (Å²) in [5, 5.41) is 0.476. The Bertz CT molecular complexity index is 1850. The van der Waals surface area contributed by atoms with Gasteiger partial charge in [0.1, 0.15) is 18.1 Å². The normalized spacial score (nSPS) is 14.6. The highest BCUT2D eigenvalue weighted by molar-refractivity contribution is 7.07. The minimum Gasteiger partial charge on any atom is -0.497 e. The molecule has 0 spiro atoms. The van der Waals surface area contributed by atoms with E-state index >= 15 is 0 Å². The molecule has 0 saturated carbocycles. The lowest BCUT2D eigenvalue weighted by Crippen LogP contribution is -2.40. The number of carbonyl (C=O) groups is 1. The number of terminal acetylenes is 1. The highest BCUT2D eigenvalue weighted by Gasteiger charge is 2.35. The number of methoxy groups -OCH3 is 1. The second-order valence-electron chi connectivity index (χ2n) is 8.88. The van der Waals surface area contributed by atoms with Crippen LogP contribution in [0.4, 0.5) is 0 Å². The average Bonchev–Trinajstić information content (AvgIpc) is 3.30. The highest BCUT2D eigenvalue weighted by atomic mass is 35.5. The van der Waals surface area contributed by atoms with Gasteiger partial charge in [-0.25, -0.2) is 9.79 Å². The summed E-state index contributed by atoms with van der Waals surface area (Å²) in [7, 11) is 1.58. The van der Waals surface area contributed by atoms with Crippen LogP contribution in [0.1, 0.15) is 29.7 Å². The average molecular weight is 585 g/mol. The van der Waals surface area contributed by atoms with E-state index in [0.29, 0.717) is 42.7 Å². The first-order valence-electron chi connectivity index (χ1n) is 12.7. The van der Waals surface area contributed by atoms with Crippen molar-refractivity contribution in [1.29, 1.82) is 0 Å². The number of ether oxygens (including phenoxy) is 3. The predicted octanol–water partition coefficient (Wildman–Crippen LogP) is 4.61. The molecule has 0 N–H and O–H groups in total. The van der Waals surface area contributed by atoms with Crippen LogP contribution in [0.25, 0.3) is 11.8 Å². The molecule has 0 fully saturated rings. The number of aromatic nitrogens is 1. The number of benzene rings is 3. The Balaban J connectivity index is 1.80. The maximum absolute atomic E-state index is 14.1. The third kappa shape index (κ3) is 5.68. The van der Waals surface area contributed by atoms with Gasteiger partial charge in [0.25, 0.3) is 5.56 Å². The van der Waals surface area contributed by atoms with Crippen molar-refractivity contribution in [2.75, 3.05) is 20.3 Å². The third-order valence-electron chi connectivity index (χ3n) is 6.37. The van der Waals surface area contributed by atoms with Crippen molar-refractivity contribution in [2.24, 2.45) is 4.99 Å². The van der Waals surface area contributed by atoms with Gasteiger partial charge in [-0.05, 0) is 48.9 Å². The molecule has 1 aromatic heterocycles. The van der Waals surface area contributed by atoms with Crippen molar-refractivity contribution in [3.8, 4) is 23.8 Å². The molecule has 0 unspecified atom stereocenters. The van der Waals surface area contributed by atoms with E-state index in [0.717, 1.165) is 5.56 Å². The third-order valence-corrected chi connectivity index (χ3v) is 7.59. The molecule has 1 atom stereocenters. The molecular weight excluding hydrogens is 560 g/mol. The van der Waals surface area contributed by atoms with Crippen LogP contribution >= 0.6 is 22.9 Å². The first kappa shape index (κ1) is 28.0. The van der Waals surface area contributed by atoms with Gasteiger partial charge < -0.3 is 14.2 Å². The lowest BCUT2D eigenvalue weighted by Gasteiger charge is -2.26. The number of esters is 1. The second-order valence-corrected chi connectivity index (χ2v) is 10.3. The topological polar surface area (TPSA) is 79.1 Å². The van der Waals surface area contributed by atoms with E-state index in [2.05, 4.69) is 5.92 Å². The van der Waals surface area contributed by atoms with Crippen LogP contribution in [-0.4, -0.2) is 30.9 Å². The van der Waals surface area contributed by atoms with Crippen LogP contribution in [0.5, 0.6) is 11.5 Å². The second kappa shape index (κ2) is 12.3. The molecule has 3 aromatic carbocycles. The predicted molar refractivity (Wildman–Crippen MR) is 160 cm³/mol. The number of hydrogen-bond donors (Lipinski definition) is 0. The molecule has 9 heteroatoms. The van der Waals surface area contributed by atoms with Gasteiger partial charge in [0.15, 0.2) is 4.80 Å². The highest BCUT2D eigenvalue weighted by Crippen LogP contribution is 2.35. The Morgan fingerprint density at radius 2 is 1.90 bits per heavy atom. The van der Waals surface area contributed by atoms with E-state index in [1.807, 2.05) is 42.5 Å². The van der Waals surface area contributed by atoms with Gasteiger partial charge in [-0.15, -0.1) is 6.42 Å². The Morgan fingerprint density at radius 1 is 1.15 bits per heavy atom. The summed E-state index contributed by atoms with van der Waals surface area (Å²) in [5.41, 5.74) is 2.40. The fraction of sp³-hybridized carbons (Fsp3) is 0.156. The van der Waals surface area contributed by atoms with E-state index in [4.69, 9.17) is 37.2 Å². The largest absolute Gasteiger partial charge is 0.497 e. The summed E-state index contributed by atoms with van der Waals surface area (Å²) in [4.78, 5) is 32.9. The summed E-state index contributed by atoms with van der Waals surface area (Å²) in [5.74, 6) is 3.03. The van der Waals surface area contributed by atoms with Gasteiger partial charge in [0, 0.05) is 16.1 Å². The number of nitrogens with zero attached hydrogens (tertiary/aromatic N) is 2. The van der Waals surface area contributed by atoms with Gasteiger partial charge in [0.2, 0.25) is 0 Å². The van der Waals surface area contributed by atoms with Crippen LogP contribution in [0, 0.1) is 12.3 Å². The molecule has 1 aliphatic heterocycles. The first-order chi connectivity index (χ1) is 19.9. The van der Waals surface area contributed by atoms with Crippen LogP contribution in [0.2, 0.25) is 5.02 Å². The number of thiazole rings is 1. The molecule has 41 heavy (non-hydrogen) atoms. The zero-order valence-electron chi connectivity index (χ0n) is 22.3.